The number of thiocarbonyl (C=S) groups is 1. The topological polar surface area (TPSA) is 98.1 Å². The number of nitrogens with one attached hydrogen (secondary N) is 2. The van der Waals surface area contributed by atoms with Gasteiger partial charge in [-0.2, -0.15) is 5.26 Å². The SMILES string of the molecule is N#C[C@@H]1CC(F)(F)CN1C(=O)CNC(=O)c1csc(Cc2ccc(C(=S)NC3CCC3)cc2)n1. The third kappa shape index (κ3) is 5.74. The first kappa shape index (κ1) is 24.2. The minimum atomic E-state index is -3.10. The maximum absolute atomic E-state index is 13.5. The fourth-order valence-corrected chi connectivity index (χ4v) is 4.92. The number of thiazole rings is 1. The van der Waals surface area contributed by atoms with Crippen LogP contribution in [0.4, 0.5) is 8.78 Å². The van der Waals surface area contributed by atoms with Crippen LogP contribution in [0, 0.1) is 11.3 Å². The van der Waals surface area contributed by atoms with E-state index in [9.17, 15) is 18.4 Å². The van der Waals surface area contributed by atoms with Gasteiger partial charge in [0, 0.05) is 29.8 Å². The van der Waals surface area contributed by atoms with Gasteiger partial charge >= 0.3 is 0 Å². The number of nitrogens with zero attached hydrogens (tertiary/aromatic N) is 3. The molecule has 1 saturated carbocycles. The molecule has 0 spiro atoms. The molecule has 1 saturated heterocycles. The highest BCUT2D eigenvalue weighted by Crippen LogP contribution is 2.31. The number of carbonyl (C=O) groups excluding carboxylic acids is 2. The molecule has 2 N–H and O–H groups in total. The van der Waals surface area contributed by atoms with Crippen molar-refractivity contribution >= 4 is 40.4 Å². The smallest absolute Gasteiger partial charge is 0.271 e. The molecule has 2 heterocycles. The van der Waals surface area contributed by atoms with Crippen LogP contribution in [0.25, 0.3) is 0 Å². The van der Waals surface area contributed by atoms with Gasteiger partial charge in [0.05, 0.1) is 24.2 Å². The highest BCUT2D eigenvalue weighted by atomic mass is 32.1. The number of aromatic nitrogens is 1. The molecule has 1 aromatic carbocycles. The van der Waals surface area contributed by atoms with E-state index in [1.807, 2.05) is 24.3 Å². The molecule has 4 rings (SSSR count). The van der Waals surface area contributed by atoms with Crippen molar-refractivity contribution in [2.24, 2.45) is 0 Å². The Morgan fingerprint density at radius 3 is 2.68 bits per heavy atom. The summed E-state index contributed by atoms with van der Waals surface area (Å²) in [7, 11) is 0. The molecule has 1 aliphatic heterocycles. The summed E-state index contributed by atoms with van der Waals surface area (Å²) in [6, 6.07) is 8.87. The predicted molar refractivity (Wildman–Crippen MR) is 127 cm³/mol. The molecule has 0 radical (unpaired) electrons. The lowest BCUT2D eigenvalue weighted by molar-refractivity contribution is -0.131. The van der Waals surface area contributed by atoms with Gasteiger partial charge in [-0.15, -0.1) is 11.3 Å². The van der Waals surface area contributed by atoms with Gasteiger partial charge in [0.25, 0.3) is 11.8 Å². The van der Waals surface area contributed by atoms with Crippen molar-refractivity contribution in [1.29, 1.82) is 5.26 Å². The van der Waals surface area contributed by atoms with Crippen LogP contribution in [0.3, 0.4) is 0 Å². The standard InChI is InChI=1S/C23H23F2N5O2S2/c24-23(25)9-17(10-26)30(13-23)20(31)11-27-21(32)18-12-34-19(29-18)8-14-4-6-15(7-5-14)22(33)28-16-2-1-3-16/h4-7,12,16-17H,1-3,8-9,11,13H2,(H,27,32)(H,28,33)/t17-/m0/s1. The van der Waals surface area contributed by atoms with E-state index in [1.54, 1.807) is 11.4 Å². The first-order valence-corrected chi connectivity index (χ1v) is 12.2. The van der Waals surface area contributed by atoms with E-state index < -0.39 is 43.3 Å². The third-order valence-electron chi connectivity index (χ3n) is 5.94. The third-order valence-corrected chi connectivity index (χ3v) is 7.14. The second kappa shape index (κ2) is 10.1. The first-order valence-electron chi connectivity index (χ1n) is 10.9. The van der Waals surface area contributed by atoms with Crippen molar-refractivity contribution in [2.45, 2.75) is 50.1 Å². The van der Waals surface area contributed by atoms with E-state index in [4.69, 9.17) is 17.5 Å². The monoisotopic (exact) mass is 503 g/mol. The Kier molecular flexibility index (Phi) is 7.19. The summed E-state index contributed by atoms with van der Waals surface area (Å²) < 4.78 is 27.0. The average molecular weight is 504 g/mol. The number of alkyl halides is 2. The summed E-state index contributed by atoms with van der Waals surface area (Å²) >= 11 is 6.78. The number of likely N-dealkylation sites (tertiary alicyclic amines) is 1. The van der Waals surface area contributed by atoms with Gasteiger partial charge in [0.2, 0.25) is 5.91 Å². The Bertz CT molecular complexity index is 1130. The number of hydrogen-bond donors (Lipinski definition) is 2. The maximum atomic E-state index is 13.5. The van der Waals surface area contributed by atoms with Crippen molar-refractivity contribution < 1.29 is 18.4 Å². The van der Waals surface area contributed by atoms with Crippen molar-refractivity contribution in [3.8, 4) is 6.07 Å². The van der Waals surface area contributed by atoms with Crippen LogP contribution in [0.1, 0.15) is 52.3 Å². The minimum absolute atomic E-state index is 0.152. The van der Waals surface area contributed by atoms with Gasteiger partial charge < -0.3 is 15.5 Å². The Morgan fingerprint density at radius 2 is 2.03 bits per heavy atom. The van der Waals surface area contributed by atoms with E-state index in [2.05, 4.69) is 15.6 Å². The van der Waals surface area contributed by atoms with E-state index in [-0.39, 0.29) is 5.69 Å². The predicted octanol–water partition coefficient (Wildman–Crippen LogP) is 3.04. The maximum Gasteiger partial charge on any atom is 0.271 e. The molecule has 2 aromatic rings. The number of benzene rings is 1. The molecular formula is C23H23F2N5O2S2. The Morgan fingerprint density at radius 1 is 1.29 bits per heavy atom. The summed E-state index contributed by atoms with van der Waals surface area (Å²) in [4.78, 5) is 30.5. The fraction of sp³-hybridized carbons (Fsp3) is 0.435. The zero-order chi connectivity index (χ0) is 24.3. The van der Waals surface area contributed by atoms with E-state index >= 15 is 0 Å². The summed E-state index contributed by atoms with van der Waals surface area (Å²) in [6.07, 6.45) is 3.39. The van der Waals surface area contributed by atoms with Crippen LogP contribution in [0.15, 0.2) is 29.6 Å². The Balaban J connectivity index is 1.28. The highest BCUT2D eigenvalue weighted by Gasteiger charge is 2.47. The zero-order valence-electron chi connectivity index (χ0n) is 18.2. The number of halogens is 2. The van der Waals surface area contributed by atoms with Gasteiger partial charge in [-0.3, -0.25) is 9.59 Å². The molecule has 2 fully saturated rings. The normalized spacial score (nSPS) is 19.2. The molecule has 1 aliphatic carbocycles. The zero-order valence-corrected chi connectivity index (χ0v) is 19.9. The van der Waals surface area contributed by atoms with E-state index in [1.165, 1.54) is 17.8 Å². The summed E-state index contributed by atoms with van der Waals surface area (Å²) in [5.41, 5.74) is 2.13. The largest absolute Gasteiger partial charge is 0.373 e. The van der Waals surface area contributed by atoms with Crippen molar-refractivity contribution in [2.75, 3.05) is 13.1 Å². The van der Waals surface area contributed by atoms with Crippen molar-refractivity contribution in [1.82, 2.24) is 20.5 Å². The molecule has 1 aromatic heterocycles. The molecule has 178 valence electrons. The number of nitriles is 1. The number of hydrogen-bond acceptors (Lipinski definition) is 6. The highest BCUT2D eigenvalue weighted by molar-refractivity contribution is 7.80. The van der Waals surface area contributed by atoms with Gasteiger partial charge in [0.15, 0.2) is 0 Å². The molecule has 2 amide bonds. The lowest BCUT2D eigenvalue weighted by Gasteiger charge is -2.27. The van der Waals surface area contributed by atoms with Crippen LogP contribution in [0.5, 0.6) is 0 Å². The average Bonchev–Trinajstić information content (AvgIpc) is 3.38. The van der Waals surface area contributed by atoms with Gasteiger partial charge in [-0.1, -0.05) is 36.5 Å². The van der Waals surface area contributed by atoms with Crippen LogP contribution in [-0.4, -0.2) is 57.8 Å². The van der Waals surface area contributed by atoms with Crippen LogP contribution in [-0.2, 0) is 11.2 Å². The van der Waals surface area contributed by atoms with Crippen molar-refractivity contribution in [3.63, 3.8) is 0 Å². The molecule has 2 aliphatic rings. The molecule has 34 heavy (non-hydrogen) atoms. The van der Waals surface area contributed by atoms with Crippen LogP contribution < -0.4 is 10.6 Å². The molecular weight excluding hydrogens is 480 g/mol. The summed E-state index contributed by atoms with van der Waals surface area (Å²) in [5.74, 6) is -4.39. The first-order chi connectivity index (χ1) is 16.2. The minimum Gasteiger partial charge on any atom is -0.373 e. The number of carbonyl (C=O) groups is 2. The van der Waals surface area contributed by atoms with Crippen molar-refractivity contribution in [3.05, 3.63) is 51.5 Å². The van der Waals surface area contributed by atoms with Crippen LogP contribution >= 0.6 is 23.6 Å². The van der Waals surface area contributed by atoms with Gasteiger partial charge in [0.1, 0.15) is 16.7 Å². The lowest BCUT2D eigenvalue weighted by Crippen LogP contribution is -2.43. The lowest BCUT2D eigenvalue weighted by atomic mass is 9.93. The van der Waals surface area contributed by atoms with E-state index in [0.717, 1.165) is 38.9 Å². The molecule has 7 nitrogen and oxygen atoms in total. The second-order valence-corrected chi connectivity index (χ2v) is 9.86. The van der Waals surface area contributed by atoms with Crippen LogP contribution in [0.2, 0.25) is 0 Å². The summed E-state index contributed by atoms with van der Waals surface area (Å²) in [5, 5.41) is 17.1. The number of amides is 2. The summed E-state index contributed by atoms with van der Waals surface area (Å²) in [6.45, 7) is -1.29. The molecule has 0 bridgehead atoms. The Hall–Kier alpha value is -2.97. The second-order valence-electron chi connectivity index (χ2n) is 8.51. The van der Waals surface area contributed by atoms with E-state index in [0.29, 0.717) is 12.5 Å². The Labute approximate surface area is 205 Å². The van der Waals surface area contributed by atoms with Gasteiger partial charge in [-0.25, -0.2) is 13.8 Å². The molecule has 1 atom stereocenters. The fourth-order valence-electron chi connectivity index (χ4n) is 3.81. The molecule has 0 unspecified atom stereocenters. The van der Waals surface area contributed by atoms with Gasteiger partial charge in [-0.05, 0) is 24.8 Å². The quantitative estimate of drug-likeness (QED) is 0.564. The molecule has 11 heteroatoms. The number of rotatable bonds is 7.